The minimum atomic E-state index is -0.543. The van der Waals surface area contributed by atoms with Gasteiger partial charge in [-0.15, -0.1) is 0 Å². The average molecular weight is 324 g/mol. The molecule has 1 aliphatic rings. The van der Waals surface area contributed by atoms with Gasteiger partial charge in [-0.05, 0) is 48.7 Å². The molecule has 2 N–H and O–H groups in total. The van der Waals surface area contributed by atoms with Crippen LogP contribution in [0.2, 0.25) is 5.02 Å². The minimum absolute atomic E-state index is 0.301. The van der Waals surface area contributed by atoms with Crippen molar-refractivity contribution in [3.63, 3.8) is 0 Å². The Kier molecular flexibility index (Phi) is 3.90. The van der Waals surface area contributed by atoms with Crippen LogP contribution in [0.4, 0.5) is 0 Å². The zero-order valence-electron chi connectivity index (χ0n) is 11.8. The second-order valence-corrected chi connectivity index (χ2v) is 6.66. The minimum Gasteiger partial charge on any atom is -0.390 e. The number of nitrogens with one attached hydrogen (secondary N) is 1. The quantitative estimate of drug-likeness (QED) is 0.830. The third kappa shape index (κ3) is 2.78. The van der Waals surface area contributed by atoms with Gasteiger partial charge in [0.1, 0.15) is 6.33 Å². The van der Waals surface area contributed by atoms with Crippen LogP contribution in [0.3, 0.4) is 0 Å². The van der Waals surface area contributed by atoms with E-state index < -0.39 is 6.10 Å². The maximum absolute atomic E-state index is 10.8. The summed E-state index contributed by atoms with van der Waals surface area (Å²) in [5, 5.41) is 14.5. The highest BCUT2D eigenvalue weighted by Crippen LogP contribution is 2.49. The van der Waals surface area contributed by atoms with Crippen LogP contribution in [0.15, 0.2) is 30.6 Å². The van der Waals surface area contributed by atoms with Crippen LogP contribution in [-0.2, 0) is 12.0 Å². The number of H-pyrrole nitrogens is 1. The number of aliphatic hydroxyl groups is 1. The van der Waals surface area contributed by atoms with Gasteiger partial charge in [0.15, 0.2) is 0 Å². The highest BCUT2D eigenvalue weighted by atomic mass is 35.5. The van der Waals surface area contributed by atoms with Crippen molar-refractivity contribution in [1.82, 2.24) is 14.8 Å². The number of benzene rings is 1. The monoisotopic (exact) mass is 323 g/mol. The van der Waals surface area contributed by atoms with Crippen molar-refractivity contribution in [3.8, 4) is 0 Å². The van der Waals surface area contributed by atoms with Crippen LogP contribution >= 0.6 is 23.8 Å². The van der Waals surface area contributed by atoms with Gasteiger partial charge >= 0.3 is 0 Å². The third-order valence-corrected chi connectivity index (χ3v) is 5.14. The molecule has 1 heterocycles. The summed E-state index contributed by atoms with van der Waals surface area (Å²) in [6, 6.07) is 7.78. The van der Waals surface area contributed by atoms with Crippen molar-refractivity contribution in [2.24, 2.45) is 5.92 Å². The number of aromatic amines is 1. The fraction of sp³-hybridized carbons (Fsp3) is 0.467. The van der Waals surface area contributed by atoms with Crippen LogP contribution in [0.25, 0.3) is 0 Å². The summed E-state index contributed by atoms with van der Waals surface area (Å²) in [6.45, 7) is 2.53. The van der Waals surface area contributed by atoms with Gasteiger partial charge in [0.2, 0.25) is 4.77 Å². The molecule has 2 atom stereocenters. The highest BCUT2D eigenvalue weighted by molar-refractivity contribution is 7.71. The van der Waals surface area contributed by atoms with Crippen LogP contribution in [0.5, 0.6) is 0 Å². The summed E-state index contributed by atoms with van der Waals surface area (Å²) in [7, 11) is 0. The molecule has 0 saturated heterocycles. The lowest BCUT2D eigenvalue weighted by Gasteiger charge is -2.35. The molecule has 1 fully saturated rings. The zero-order valence-corrected chi connectivity index (χ0v) is 13.4. The SMILES string of the molecule is CC(c1ccc(Cl)cc1)(C(O)Cn1[nH]cnc1=S)C1CC1. The van der Waals surface area contributed by atoms with Crippen molar-refractivity contribution < 1.29 is 5.11 Å². The summed E-state index contributed by atoms with van der Waals surface area (Å²) < 4.78 is 2.17. The molecule has 1 saturated carbocycles. The van der Waals surface area contributed by atoms with E-state index in [2.05, 4.69) is 17.0 Å². The first-order chi connectivity index (χ1) is 10.0. The number of hydrogen-bond donors (Lipinski definition) is 2. The van der Waals surface area contributed by atoms with Gasteiger partial charge < -0.3 is 5.11 Å². The van der Waals surface area contributed by atoms with Gasteiger partial charge in [0, 0.05) is 10.4 Å². The summed E-state index contributed by atoms with van der Waals surface area (Å²) in [6.07, 6.45) is 3.29. The van der Waals surface area contributed by atoms with E-state index in [9.17, 15) is 5.11 Å². The number of hydrogen-bond acceptors (Lipinski definition) is 3. The van der Waals surface area contributed by atoms with Gasteiger partial charge in [-0.2, -0.15) is 0 Å². The molecular weight excluding hydrogens is 306 g/mol. The van der Waals surface area contributed by atoms with Gasteiger partial charge in [0.25, 0.3) is 0 Å². The van der Waals surface area contributed by atoms with Crippen LogP contribution in [-0.4, -0.2) is 26.0 Å². The fourth-order valence-electron chi connectivity index (χ4n) is 2.96. The Labute approximate surface area is 133 Å². The molecule has 1 aromatic carbocycles. The normalized spacial score (nSPS) is 19.2. The maximum Gasteiger partial charge on any atom is 0.215 e. The van der Waals surface area contributed by atoms with E-state index in [1.807, 2.05) is 24.3 Å². The topological polar surface area (TPSA) is 53.8 Å². The maximum atomic E-state index is 10.8. The first kappa shape index (κ1) is 14.8. The fourth-order valence-corrected chi connectivity index (χ4v) is 3.27. The molecule has 0 radical (unpaired) electrons. The second-order valence-electron chi connectivity index (χ2n) is 5.86. The molecule has 0 aliphatic heterocycles. The number of rotatable bonds is 5. The van der Waals surface area contributed by atoms with Crippen molar-refractivity contribution in [1.29, 1.82) is 0 Å². The summed E-state index contributed by atoms with van der Waals surface area (Å²) >= 11 is 11.1. The number of aromatic nitrogens is 3. The zero-order chi connectivity index (χ0) is 15.0. The Bertz CT molecular complexity index is 677. The molecule has 2 aromatic rings. The standard InChI is InChI=1S/C15H18ClN3OS/c1-15(10-2-3-10,11-4-6-12(16)7-5-11)13(20)8-19-14(21)17-9-18-19/h4-7,9-10,13,20H,2-3,8H2,1H3,(H,17,18,21). The third-order valence-electron chi connectivity index (χ3n) is 4.56. The molecule has 0 amide bonds. The smallest absolute Gasteiger partial charge is 0.215 e. The van der Waals surface area contributed by atoms with E-state index in [-0.39, 0.29) is 5.41 Å². The predicted octanol–water partition coefficient (Wildman–Crippen LogP) is 3.32. The number of halogens is 1. The lowest BCUT2D eigenvalue weighted by Crippen LogP contribution is -2.41. The predicted molar refractivity (Wildman–Crippen MR) is 84.9 cm³/mol. The molecule has 112 valence electrons. The average Bonchev–Trinajstić information content (AvgIpc) is 3.24. The largest absolute Gasteiger partial charge is 0.390 e. The van der Waals surface area contributed by atoms with Gasteiger partial charge in [-0.1, -0.05) is 30.7 Å². The van der Waals surface area contributed by atoms with E-state index in [1.54, 1.807) is 11.0 Å². The second kappa shape index (κ2) is 5.55. The molecule has 0 bridgehead atoms. The van der Waals surface area contributed by atoms with Gasteiger partial charge in [0.05, 0.1) is 12.6 Å². The van der Waals surface area contributed by atoms with E-state index in [0.717, 1.165) is 18.4 Å². The van der Waals surface area contributed by atoms with Crippen LogP contribution < -0.4 is 0 Å². The van der Waals surface area contributed by atoms with Crippen molar-refractivity contribution in [2.45, 2.75) is 37.8 Å². The number of nitrogens with zero attached hydrogens (tertiary/aromatic N) is 2. The Hall–Kier alpha value is -1.17. The van der Waals surface area contributed by atoms with Crippen molar-refractivity contribution in [3.05, 3.63) is 45.9 Å². The van der Waals surface area contributed by atoms with E-state index >= 15 is 0 Å². The Balaban J connectivity index is 1.91. The van der Waals surface area contributed by atoms with Gasteiger partial charge in [-0.3, -0.25) is 9.78 Å². The lowest BCUT2D eigenvalue weighted by atomic mass is 9.73. The molecule has 21 heavy (non-hydrogen) atoms. The summed E-state index contributed by atoms with van der Waals surface area (Å²) in [4.78, 5) is 3.99. The Morgan fingerprint density at radius 2 is 2.14 bits per heavy atom. The van der Waals surface area contributed by atoms with E-state index in [0.29, 0.717) is 22.3 Å². The molecule has 0 spiro atoms. The van der Waals surface area contributed by atoms with Crippen molar-refractivity contribution in [2.75, 3.05) is 0 Å². The van der Waals surface area contributed by atoms with Crippen molar-refractivity contribution >= 4 is 23.8 Å². The molecule has 4 nitrogen and oxygen atoms in total. The highest BCUT2D eigenvalue weighted by Gasteiger charge is 2.47. The molecule has 6 heteroatoms. The van der Waals surface area contributed by atoms with E-state index in [1.165, 1.54) is 0 Å². The Morgan fingerprint density at radius 3 is 2.67 bits per heavy atom. The first-order valence-electron chi connectivity index (χ1n) is 7.06. The van der Waals surface area contributed by atoms with Gasteiger partial charge in [-0.25, -0.2) is 4.98 Å². The first-order valence-corrected chi connectivity index (χ1v) is 7.84. The summed E-state index contributed by atoms with van der Waals surface area (Å²) in [5.41, 5.74) is 0.817. The van der Waals surface area contributed by atoms with E-state index in [4.69, 9.17) is 23.8 Å². The molecule has 3 rings (SSSR count). The van der Waals surface area contributed by atoms with Crippen LogP contribution in [0.1, 0.15) is 25.3 Å². The molecule has 1 aromatic heterocycles. The lowest BCUT2D eigenvalue weighted by molar-refractivity contribution is 0.0569. The summed E-state index contributed by atoms with van der Waals surface area (Å²) in [5.74, 6) is 0.491. The molecule has 1 aliphatic carbocycles. The Morgan fingerprint density at radius 1 is 1.48 bits per heavy atom. The number of aliphatic hydroxyl groups excluding tert-OH is 1. The molecular formula is C15H18ClN3OS. The molecule has 2 unspecified atom stereocenters. The van der Waals surface area contributed by atoms with Crippen LogP contribution in [0, 0.1) is 10.7 Å².